The van der Waals surface area contributed by atoms with Crippen LogP contribution in [-0.4, -0.2) is 11.1 Å². The average molecular weight is 271 g/mol. The number of quaternary nitrogens is 1. The first-order valence-corrected chi connectivity index (χ1v) is 6.48. The highest BCUT2D eigenvalue weighted by molar-refractivity contribution is 6.65. The van der Waals surface area contributed by atoms with E-state index >= 15 is 0 Å². The third-order valence-electron chi connectivity index (χ3n) is 2.98. The Labute approximate surface area is 116 Å². The Kier molecular flexibility index (Phi) is 3.40. The Bertz CT molecular complexity index is 620. The molecule has 1 aliphatic rings. The zero-order chi connectivity index (χ0) is 13.1. The van der Waals surface area contributed by atoms with E-state index in [1.54, 1.807) is 0 Å². The van der Waals surface area contributed by atoms with Crippen LogP contribution >= 0.6 is 11.6 Å². The van der Waals surface area contributed by atoms with E-state index in [-0.39, 0.29) is 6.17 Å². The highest BCUT2D eigenvalue weighted by Gasteiger charge is 2.23. The van der Waals surface area contributed by atoms with E-state index in [4.69, 9.17) is 11.6 Å². The standard InChI is InChI=1S/C15H12ClN3/c16-15-18-13(11-7-3-1-4-8-11)17-14(19-15)12-9-5-2-6-10-12/h1-10,13H,(H,17,18,19)/p+1. The lowest BCUT2D eigenvalue weighted by Crippen LogP contribution is -2.89. The molecule has 0 saturated carbocycles. The van der Waals surface area contributed by atoms with Gasteiger partial charge in [0.1, 0.15) is 0 Å². The maximum atomic E-state index is 6.05. The monoisotopic (exact) mass is 270 g/mol. The molecule has 4 heteroatoms. The molecular weight excluding hydrogens is 258 g/mol. The third-order valence-corrected chi connectivity index (χ3v) is 3.17. The largest absolute Gasteiger partial charge is 0.272 e. The van der Waals surface area contributed by atoms with Crippen LogP contribution in [0.25, 0.3) is 0 Å². The van der Waals surface area contributed by atoms with Crippen LogP contribution in [0.15, 0.2) is 70.6 Å². The van der Waals surface area contributed by atoms with Crippen LogP contribution in [0.5, 0.6) is 0 Å². The SMILES string of the molecule is ClC1=NC(c2ccccc2)[NH2+]C(c2ccccc2)=N1. The topological polar surface area (TPSA) is 41.3 Å². The minimum atomic E-state index is -0.0681. The van der Waals surface area contributed by atoms with Crippen LogP contribution in [0.1, 0.15) is 17.3 Å². The summed E-state index contributed by atoms with van der Waals surface area (Å²) < 4.78 is 0. The van der Waals surface area contributed by atoms with Gasteiger partial charge in [-0.05, 0) is 23.7 Å². The van der Waals surface area contributed by atoms with E-state index in [9.17, 15) is 0 Å². The van der Waals surface area contributed by atoms with Crippen LogP contribution in [-0.2, 0) is 0 Å². The lowest BCUT2D eigenvalue weighted by molar-refractivity contribution is -0.586. The molecule has 3 nitrogen and oxygen atoms in total. The lowest BCUT2D eigenvalue weighted by Gasteiger charge is -2.16. The van der Waals surface area contributed by atoms with E-state index in [1.165, 1.54) is 0 Å². The summed E-state index contributed by atoms with van der Waals surface area (Å²) in [5.41, 5.74) is 2.17. The number of amidine groups is 2. The Hall–Kier alpha value is -1.97. The second-order valence-corrected chi connectivity index (χ2v) is 4.62. The second kappa shape index (κ2) is 5.34. The molecule has 94 valence electrons. The van der Waals surface area contributed by atoms with Gasteiger partial charge in [-0.25, -0.2) is 0 Å². The van der Waals surface area contributed by atoms with Gasteiger partial charge < -0.3 is 0 Å². The molecule has 1 unspecified atom stereocenters. The van der Waals surface area contributed by atoms with E-state index in [2.05, 4.69) is 9.98 Å². The molecule has 0 aliphatic carbocycles. The van der Waals surface area contributed by atoms with Crippen LogP contribution < -0.4 is 5.32 Å². The van der Waals surface area contributed by atoms with Gasteiger partial charge in [-0.1, -0.05) is 48.5 Å². The summed E-state index contributed by atoms with van der Waals surface area (Å²) in [6.45, 7) is 0. The lowest BCUT2D eigenvalue weighted by atomic mass is 10.1. The smallest absolute Gasteiger partial charge is 0.236 e. The van der Waals surface area contributed by atoms with E-state index < -0.39 is 0 Å². The number of rotatable bonds is 2. The summed E-state index contributed by atoms with van der Waals surface area (Å²) in [6, 6.07) is 20.1. The number of hydrogen-bond donors (Lipinski definition) is 1. The zero-order valence-electron chi connectivity index (χ0n) is 10.2. The molecule has 0 saturated heterocycles. The number of benzene rings is 2. The van der Waals surface area contributed by atoms with Gasteiger partial charge in [0.2, 0.25) is 17.3 Å². The van der Waals surface area contributed by atoms with Gasteiger partial charge in [0.25, 0.3) is 0 Å². The maximum Gasteiger partial charge on any atom is 0.236 e. The molecule has 1 atom stereocenters. The molecule has 0 radical (unpaired) electrons. The highest BCUT2D eigenvalue weighted by Crippen LogP contribution is 2.14. The third kappa shape index (κ3) is 2.72. The average Bonchev–Trinajstić information content (AvgIpc) is 2.48. The summed E-state index contributed by atoms with van der Waals surface area (Å²) in [6.07, 6.45) is -0.0681. The molecular formula is C15H13ClN3+. The van der Waals surface area contributed by atoms with Crippen molar-refractivity contribution in [1.29, 1.82) is 0 Å². The summed E-state index contributed by atoms with van der Waals surface area (Å²) >= 11 is 6.05. The number of aliphatic imine (C=N–C) groups is 2. The minimum Gasteiger partial charge on any atom is -0.272 e. The van der Waals surface area contributed by atoms with Gasteiger partial charge in [-0.15, -0.1) is 0 Å². The van der Waals surface area contributed by atoms with Crippen molar-refractivity contribution in [2.75, 3.05) is 0 Å². The first-order chi connectivity index (χ1) is 9.33. The molecule has 1 aliphatic heterocycles. The Morgan fingerprint density at radius 2 is 1.53 bits per heavy atom. The normalized spacial score (nSPS) is 18.7. The van der Waals surface area contributed by atoms with E-state index in [1.807, 2.05) is 66.0 Å². The summed E-state index contributed by atoms with van der Waals surface area (Å²) in [5.74, 6) is 0.870. The number of hydrogen-bond acceptors (Lipinski definition) is 2. The summed E-state index contributed by atoms with van der Waals surface area (Å²) in [5, 5.41) is 2.34. The first kappa shape index (κ1) is 12.1. The van der Waals surface area contributed by atoms with Crippen molar-refractivity contribution < 1.29 is 5.32 Å². The maximum absolute atomic E-state index is 6.05. The van der Waals surface area contributed by atoms with Crippen molar-refractivity contribution >= 4 is 22.7 Å². The number of halogens is 1. The molecule has 0 amide bonds. The first-order valence-electron chi connectivity index (χ1n) is 6.10. The van der Waals surface area contributed by atoms with Crippen molar-refractivity contribution in [2.45, 2.75) is 6.17 Å². The zero-order valence-corrected chi connectivity index (χ0v) is 11.0. The van der Waals surface area contributed by atoms with Crippen LogP contribution in [0.2, 0.25) is 0 Å². The molecule has 3 rings (SSSR count). The summed E-state index contributed by atoms with van der Waals surface area (Å²) in [4.78, 5) is 8.67. The number of nitrogens with two attached hydrogens (primary N) is 1. The van der Waals surface area contributed by atoms with Crippen molar-refractivity contribution in [2.24, 2.45) is 9.98 Å². The quantitative estimate of drug-likeness (QED) is 0.814. The molecule has 2 aromatic carbocycles. The predicted octanol–water partition coefficient (Wildman–Crippen LogP) is 2.30. The van der Waals surface area contributed by atoms with Gasteiger partial charge in [0.15, 0.2) is 0 Å². The molecule has 1 heterocycles. The van der Waals surface area contributed by atoms with Crippen molar-refractivity contribution in [1.82, 2.24) is 0 Å². The van der Waals surface area contributed by atoms with Crippen LogP contribution in [0, 0.1) is 0 Å². The van der Waals surface area contributed by atoms with Crippen LogP contribution in [0.4, 0.5) is 0 Å². The Balaban J connectivity index is 1.92. The fourth-order valence-electron chi connectivity index (χ4n) is 2.06. The Morgan fingerprint density at radius 3 is 2.21 bits per heavy atom. The van der Waals surface area contributed by atoms with Crippen molar-refractivity contribution in [3.63, 3.8) is 0 Å². The molecule has 19 heavy (non-hydrogen) atoms. The van der Waals surface area contributed by atoms with Crippen LogP contribution in [0.3, 0.4) is 0 Å². The van der Waals surface area contributed by atoms with Crippen molar-refractivity contribution in [3.05, 3.63) is 71.8 Å². The number of nitrogens with zero attached hydrogens (tertiary/aromatic N) is 2. The summed E-state index contributed by atoms with van der Waals surface area (Å²) in [7, 11) is 0. The molecule has 2 N–H and O–H groups in total. The molecule has 0 spiro atoms. The van der Waals surface area contributed by atoms with Crippen molar-refractivity contribution in [3.8, 4) is 0 Å². The van der Waals surface area contributed by atoms with Gasteiger partial charge in [-0.2, -0.15) is 9.98 Å². The predicted molar refractivity (Wildman–Crippen MR) is 77.4 cm³/mol. The van der Waals surface area contributed by atoms with Gasteiger partial charge >= 0.3 is 0 Å². The van der Waals surface area contributed by atoms with Gasteiger partial charge in [0, 0.05) is 5.56 Å². The molecule has 0 fully saturated rings. The van der Waals surface area contributed by atoms with E-state index in [0.717, 1.165) is 17.0 Å². The Morgan fingerprint density at radius 1 is 0.895 bits per heavy atom. The van der Waals surface area contributed by atoms with Gasteiger partial charge in [-0.3, -0.25) is 5.32 Å². The fraction of sp³-hybridized carbons (Fsp3) is 0.0667. The second-order valence-electron chi connectivity index (χ2n) is 4.28. The van der Waals surface area contributed by atoms with Gasteiger partial charge in [0.05, 0.1) is 5.56 Å². The molecule has 2 aromatic rings. The molecule has 0 bridgehead atoms. The highest BCUT2D eigenvalue weighted by atomic mass is 35.5. The minimum absolute atomic E-state index is 0.0681. The van der Waals surface area contributed by atoms with E-state index in [0.29, 0.717) is 5.29 Å². The molecule has 0 aromatic heterocycles. The fourth-order valence-corrected chi connectivity index (χ4v) is 2.25.